The average Bonchev–Trinajstić information content (AvgIpc) is 3.06. The van der Waals surface area contributed by atoms with E-state index in [1.165, 1.54) is 4.88 Å². The molecule has 2 rings (SSSR count). The maximum Gasteiger partial charge on any atom is 0.316 e. The van der Waals surface area contributed by atoms with Crippen molar-refractivity contribution in [2.75, 3.05) is 11.9 Å². The van der Waals surface area contributed by atoms with Gasteiger partial charge in [0.1, 0.15) is 0 Å². The quantitative estimate of drug-likeness (QED) is 0.814. The minimum absolute atomic E-state index is 0.0834. The summed E-state index contributed by atoms with van der Waals surface area (Å²) in [6, 6.07) is 4.85. The molecule has 2 aromatic heterocycles. The Kier molecular flexibility index (Phi) is 4.93. The molecule has 2 aromatic rings. The monoisotopic (exact) mass is 280 g/mol. The van der Waals surface area contributed by atoms with E-state index in [9.17, 15) is 0 Å². The fourth-order valence-electron chi connectivity index (χ4n) is 1.71. The van der Waals surface area contributed by atoms with Crippen LogP contribution in [0, 0.1) is 0 Å². The number of anilines is 1. The lowest BCUT2D eigenvalue weighted by atomic mass is 10.3. The lowest BCUT2D eigenvalue weighted by Crippen LogP contribution is -2.19. The van der Waals surface area contributed by atoms with Crippen molar-refractivity contribution in [2.24, 2.45) is 0 Å². The van der Waals surface area contributed by atoms with Gasteiger partial charge in [-0.25, -0.2) is 0 Å². The average molecular weight is 280 g/mol. The van der Waals surface area contributed by atoms with Crippen molar-refractivity contribution in [1.82, 2.24) is 15.5 Å². The highest BCUT2D eigenvalue weighted by Crippen LogP contribution is 2.23. The Morgan fingerprint density at radius 2 is 2.16 bits per heavy atom. The number of nitrogens with zero attached hydrogens (tertiary/aromatic N) is 2. The van der Waals surface area contributed by atoms with Crippen molar-refractivity contribution in [3.8, 4) is 0 Å². The standard InChI is InChI=1S/C13H20N4OS/c1-4-7-14-10(3)12-16-17-13(18-12)15-9(2)11-6-5-8-19-11/h5-6,8-10,14H,4,7H2,1-3H3,(H,15,17). The van der Waals surface area contributed by atoms with Crippen molar-refractivity contribution < 1.29 is 4.42 Å². The zero-order valence-electron chi connectivity index (χ0n) is 11.5. The normalized spacial score (nSPS) is 14.3. The van der Waals surface area contributed by atoms with Gasteiger partial charge in [-0.05, 0) is 38.3 Å². The molecule has 0 spiro atoms. The van der Waals surface area contributed by atoms with E-state index in [-0.39, 0.29) is 12.1 Å². The fraction of sp³-hybridized carbons (Fsp3) is 0.538. The van der Waals surface area contributed by atoms with Gasteiger partial charge < -0.3 is 15.1 Å². The van der Waals surface area contributed by atoms with E-state index in [1.54, 1.807) is 11.3 Å². The molecule has 0 amide bonds. The predicted molar refractivity (Wildman–Crippen MR) is 77.4 cm³/mol. The summed E-state index contributed by atoms with van der Waals surface area (Å²) < 4.78 is 5.62. The van der Waals surface area contributed by atoms with Gasteiger partial charge in [0.15, 0.2) is 0 Å². The highest BCUT2D eigenvalue weighted by atomic mass is 32.1. The molecular formula is C13H20N4OS. The van der Waals surface area contributed by atoms with Gasteiger partial charge in [-0.3, -0.25) is 0 Å². The molecule has 0 saturated carbocycles. The Hall–Kier alpha value is -1.40. The molecule has 0 aliphatic rings. The zero-order valence-corrected chi connectivity index (χ0v) is 12.3. The van der Waals surface area contributed by atoms with Gasteiger partial charge in [0.25, 0.3) is 0 Å². The van der Waals surface area contributed by atoms with Crippen LogP contribution in [0.15, 0.2) is 21.9 Å². The fourth-order valence-corrected chi connectivity index (χ4v) is 2.44. The molecule has 19 heavy (non-hydrogen) atoms. The Labute approximate surface area is 117 Å². The SMILES string of the molecule is CCCNC(C)c1nnc(NC(C)c2cccs2)o1. The van der Waals surface area contributed by atoms with Crippen LogP contribution in [0.4, 0.5) is 6.01 Å². The van der Waals surface area contributed by atoms with Gasteiger partial charge in [-0.1, -0.05) is 18.1 Å². The molecule has 0 fully saturated rings. The number of rotatable bonds is 7. The molecule has 2 heterocycles. The summed E-state index contributed by atoms with van der Waals surface area (Å²) in [5.74, 6) is 0.620. The molecule has 0 saturated heterocycles. The predicted octanol–water partition coefficient (Wildman–Crippen LogP) is 3.36. The summed E-state index contributed by atoms with van der Waals surface area (Å²) in [5, 5.41) is 16.7. The second kappa shape index (κ2) is 6.68. The number of hydrogen-bond donors (Lipinski definition) is 2. The summed E-state index contributed by atoms with van der Waals surface area (Å²) in [5.41, 5.74) is 0. The summed E-state index contributed by atoms with van der Waals surface area (Å²) in [4.78, 5) is 1.25. The molecule has 104 valence electrons. The molecule has 2 unspecified atom stereocenters. The maximum absolute atomic E-state index is 5.62. The number of nitrogens with one attached hydrogen (secondary N) is 2. The van der Waals surface area contributed by atoms with Gasteiger partial charge in [-0.2, -0.15) is 0 Å². The van der Waals surface area contributed by atoms with Crippen molar-refractivity contribution in [3.63, 3.8) is 0 Å². The molecule has 0 aliphatic heterocycles. The van der Waals surface area contributed by atoms with E-state index in [2.05, 4.69) is 46.1 Å². The smallest absolute Gasteiger partial charge is 0.316 e. The van der Waals surface area contributed by atoms with Crippen LogP contribution in [-0.2, 0) is 0 Å². The first-order valence-corrected chi connectivity index (χ1v) is 7.45. The molecule has 6 heteroatoms. The summed E-state index contributed by atoms with van der Waals surface area (Å²) in [6.07, 6.45) is 1.08. The van der Waals surface area contributed by atoms with Gasteiger partial charge >= 0.3 is 6.01 Å². The van der Waals surface area contributed by atoms with Gasteiger partial charge in [-0.15, -0.1) is 16.4 Å². The molecule has 0 aromatic carbocycles. The summed E-state index contributed by atoms with van der Waals surface area (Å²) >= 11 is 1.71. The van der Waals surface area contributed by atoms with Crippen LogP contribution in [0.2, 0.25) is 0 Å². The van der Waals surface area contributed by atoms with Crippen LogP contribution in [0.5, 0.6) is 0 Å². The van der Waals surface area contributed by atoms with Gasteiger partial charge in [0.2, 0.25) is 5.89 Å². The maximum atomic E-state index is 5.62. The van der Waals surface area contributed by atoms with Crippen molar-refractivity contribution >= 4 is 17.4 Å². The third kappa shape index (κ3) is 3.78. The van der Waals surface area contributed by atoms with E-state index < -0.39 is 0 Å². The van der Waals surface area contributed by atoms with E-state index in [1.807, 2.05) is 13.0 Å². The molecule has 0 bridgehead atoms. The largest absolute Gasteiger partial charge is 0.406 e. The van der Waals surface area contributed by atoms with E-state index in [4.69, 9.17) is 4.42 Å². The van der Waals surface area contributed by atoms with Crippen LogP contribution in [-0.4, -0.2) is 16.7 Å². The molecule has 5 nitrogen and oxygen atoms in total. The number of hydrogen-bond acceptors (Lipinski definition) is 6. The van der Waals surface area contributed by atoms with Crippen LogP contribution in [0.1, 0.15) is 50.0 Å². The van der Waals surface area contributed by atoms with Gasteiger partial charge in [0, 0.05) is 4.88 Å². The minimum Gasteiger partial charge on any atom is -0.406 e. The Morgan fingerprint density at radius 1 is 1.32 bits per heavy atom. The Morgan fingerprint density at radius 3 is 2.84 bits per heavy atom. The first-order valence-electron chi connectivity index (χ1n) is 6.57. The van der Waals surface area contributed by atoms with Crippen LogP contribution >= 0.6 is 11.3 Å². The Bertz CT molecular complexity index is 483. The highest BCUT2D eigenvalue weighted by molar-refractivity contribution is 7.10. The van der Waals surface area contributed by atoms with Crippen molar-refractivity contribution in [3.05, 3.63) is 28.3 Å². The van der Waals surface area contributed by atoms with Crippen molar-refractivity contribution in [2.45, 2.75) is 39.3 Å². The highest BCUT2D eigenvalue weighted by Gasteiger charge is 2.15. The first-order chi connectivity index (χ1) is 9.20. The van der Waals surface area contributed by atoms with E-state index in [0.717, 1.165) is 13.0 Å². The van der Waals surface area contributed by atoms with Gasteiger partial charge in [0.05, 0.1) is 12.1 Å². The van der Waals surface area contributed by atoms with Crippen molar-refractivity contribution in [1.29, 1.82) is 0 Å². The second-order valence-corrected chi connectivity index (χ2v) is 5.48. The third-order valence-corrected chi connectivity index (χ3v) is 3.88. The summed E-state index contributed by atoms with van der Waals surface area (Å²) in [7, 11) is 0. The molecule has 2 atom stereocenters. The molecule has 0 radical (unpaired) electrons. The first kappa shape index (κ1) is 14.0. The summed E-state index contributed by atoms with van der Waals surface area (Å²) in [6.45, 7) is 7.17. The van der Waals surface area contributed by atoms with Crippen LogP contribution in [0.3, 0.4) is 0 Å². The molecule has 2 N–H and O–H groups in total. The molecular weight excluding hydrogens is 260 g/mol. The zero-order chi connectivity index (χ0) is 13.7. The molecule has 0 aliphatic carbocycles. The second-order valence-electron chi connectivity index (χ2n) is 4.50. The third-order valence-electron chi connectivity index (χ3n) is 2.82. The minimum atomic E-state index is 0.0834. The van der Waals surface area contributed by atoms with E-state index >= 15 is 0 Å². The number of thiophene rings is 1. The number of aromatic nitrogens is 2. The topological polar surface area (TPSA) is 63.0 Å². The lowest BCUT2D eigenvalue weighted by molar-refractivity contribution is 0.421. The van der Waals surface area contributed by atoms with Crippen LogP contribution in [0.25, 0.3) is 0 Å². The lowest BCUT2D eigenvalue weighted by Gasteiger charge is -2.10. The van der Waals surface area contributed by atoms with E-state index in [0.29, 0.717) is 11.9 Å². The van der Waals surface area contributed by atoms with Crippen LogP contribution < -0.4 is 10.6 Å². The Balaban J connectivity index is 1.93.